The minimum atomic E-state index is -0.870. The van der Waals surface area contributed by atoms with Crippen molar-refractivity contribution in [2.45, 2.75) is 6.61 Å². The van der Waals surface area contributed by atoms with Gasteiger partial charge in [-0.15, -0.1) is 0 Å². The van der Waals surface area contributed by atoms with E-state index in [-0.39, 0.29) is 17.3 Å². The van der Waals surface area contributed by atoms with Gasteiger partial charge in [0.1, 0.15) is 23.5 Å². The molecular formula is C13H8Cl2N2O4. The predicted octanol–water partition coefficient (Wildman–Crippen LogP) is 3.65. The van der Waals surface area contributed by atoms with Crippen LogP contribution in [0.1, 0.15) is 15.9 Å². The Morgan fingerprint density at radius 3 is 2.71 bits per heavy atom. The molecule has 21 heavy (non-hydrogen) atoms. The molecule has 0 saturated heterocycles. The number of nitro groups is 1. The molecule has 0 N–H and O–H groups in total. The monoisotopic (exact) mass is 326 g/mol. The molecular weight excluding hydrogens is 319 g/mol. The van der Waals surface area contributed by atoms with Crippen LogP contribution in [0.4, 0.5) is 5.69 Å². The smallest absolute Gasteiger partial charge is 0.345 e. The Bertz CT molecular complexity index is 706. The summed E-state index contributed by atoms with van der Waals surface area (Å²) in [4.78, 5) is 25.7. The highest BCUT2D eigenvalue weighted by atomic mass is 35.5. The molecule has 0 spiro atoms. The average molecular weight is 327 g/mol. The van der Waals surface area contributed by atoms with Gasteiger partial charge in [-0.1, -0.05) is 41.4 Å². The number of ether oxygens (including phenoxy) is 1. The normalized spacial score (nSPS) is 10.2. The summed E-state index contributed by atoms with van der Waals surface area (Å²) >= 11 is 11.6. The Balaban J connectivity index is 2.19. The highest BCUT2D eigenvalue weighted by Gasteiger charge is 2.22. The van der Waals surface area contributed by atoms with Gasteiger partial charge in [-0.2, -0.15) is 0 Å². The van der Waals surface area contributed by atoms with Gasteiger partial charge >= 0.3 is 11.7 Å². The van der Waals surface area contributed by atoms with E-state index < -0.39 is 16.6 Å². The zero-order valence-electron chi connectivity index (χ0n) is 10.5. The number of nitrogens with zero attached hydrogens (tertiary/aromatic N) is 2. The Morgan fingerprint density at radius 2 is 2.05 bits per heavy atom. The van der Waals surface area contributed by atoms with Crippen LogP contribution < -0.4 is 0 Å². The standard InChI is InChI=1S/C13H8Cl2N2O4/c14-10-4-2-1-3-8(10)7-21-13(18)9-5-12(15)16-6-11(9)17(19)20/h1-6H,7H2. The Labute approximate surface area is 129 Å². The third-order valence-corrected chi connectivity index (χ3v) is 3.16. The first-order chi connectivity index (χ1) is 9.99. The maximum atomic E-state index is 12.0. The van der Waals surface area contributed by atoms with E-state index in [9.17, 15) is 14.9 Å². The van der Waals surface area contributed by atoms with Gasteiger partial charge in [0.05, 0.1) is 4.92 Å². The van der Waals surface area contributed by atoms with Gasteiger partial charge < -0.3 is 4.74 Å². The lowest BCUT2D eigenvalue weighted by Gasteiger charge is -2.07. The predicted molar refractivity (Wildman–Crippen MR) is 76.5 cm³/mol. The molecule has 0 bridgehead atoms. The lowest BCUT2D eigenvalue weighted by atomic mass is 10.2. The number of hydrogen-bond acceptors (Lipinski definition) is 5. The molecule has 0 aliphatic carbocycles. The quantitative estimate of drug-likeness (QED) is 0.370. The molecule has 0 unspecified atom stereocenters. The van der Waals surface area contributed by atoms with Crippen LogP contribution in [0.3, 0.4) is 0 Å². The first kappa shape index (κ1) is 15.2. The fourth-order valence-corrected chi connectivity index (χ4v) is 1.92. The van der Waals surface area contributed by atoms with Crippen LogP contribution in [-0.2, 0) is 11.3 Å². The number of carbonyl (C=O) groups is 1. The summed E-state index contributed by atoms with van der Waals surface area (Å²) in [7, 11) is 0. The van der Waals surface area contributed by atoms with Crippen LogP contribution in [-0.4, -0.2) is 15.9 Å². The van der Waals surface area contributed by atoms with Crippen molar-refractivity contribution in [2.75, 3.05) is 0 Å². The second kappa shape index (κ2) is 6.51. The molecule has 1 aromatic heterocycles. The summed E-state index contributed by atoms with van der Waals surface area (Å²) in [5.41, 5.74) is -0.133. The zero-order chi connectivity index (χ0) is 15.4. The van der Waals surface area contributed by atoms with Crippen molar-refractivity contribution in [3.05, 3.63) is 67.9 Å². The molecule has 2 aromatic rings. The van der Waals surface area contributed by atoms with Crippen LogP contribution in [0.2, 0.25) is 10.2 Å². The molecule has 1 aromatic carbocycles. The summed E-state index contributed by atoms with van der Waals surface area (Å²) in [6.07, 6.45) is 0.911. The van der Waals surface area contributed by atoms with Gasteiger partial charge in [0.25, 0.3) is 0 Å². The van der Waals surface area contributed by atoms with E-state index in [0.717, 1.165) is 12.3 Å². The van der Waals surface area contributed by atoms with E-state index in [0.29, 0.717) is 10.6 Å². The first-order valence-electron chi connectivity index (χ1n) is 5.69. The fraction of sp³-hybridized carbons (Fsp3) is 0.0769. The van der Waals surface area contributed by atoms with Crippen molar-refractivity contribution in [1.82, 2.24) is 4.98 Å². The van der Waals surface area contributed by atoms with E-state index in [2.05, 4.69) is 4.98 Å². The number of esters is 1. The topological polar surface area (TPSA) is 82.3 Å². The Hall–Kier alpha value is -2.18. The molecule has 0 atom stereocenters. The summed E-state index contributed by atoms with van der Waals surface area (Å²) in [6, 6.07) is 7.90. The van der Waals surface area contributed by atoms with Gasteiger partial charge in [0, 0.05) is 10.6 Å². The third-order valence-electron chi connectivity index (χ3n) is 2.58. The number of carbonyl (C=O) groups excluding carboxylic acids is 1. The molecule has 0 aliphatic heterocycles. The van der Waals surface area contributed by atoms with E-state index >= 15 is 0 Å². The van der Waals surface area contributed by atoms with Crippen LogP contribution in [0, 0.1) is 10.1 Å². The SMILES string of the molecule is O=C(OCc1ccccc1Cl)c1cc(Cl)ncc1[N+](=O)[O-]. The fourth-order valence-electron chi connectivity index (χ4n) is 1.57. The van der Waals surface area contributed by atoms with E-state index in [1.54, 1.807) is 24.3 Å². The number of halogens is 2. The van der Waals surface area contributed by atoms with Crippen molar-refractivity contribution in [3.63, 3.8) is 0 Å². The van der Waals surface area contributed by atoms with Crippen molar-refractivity contribution in [2.24, 2.45) is 0 Å². The van der Waals surface area contributed by atoms with Crippen LogP contribution in [0.25, 0.3) is 0 Å². The Kier molecular flexibility index (Phi) is 4.72. The first-order valence-corrected chi connectivity index (χ1v) is 6.45. The second-order valence-electron chi connectivity index (χ2n) is 3.95. The summed E-state index contributed by atoms with van der Waals surface area (Å²) < 4.78 is 5.03. The van der Waals surface area contributed by atoms with Gasteiger partial charge in [-0.3, -0.25) is 10.1 Å². The molecule has 0 saturated carbocycles. The second-order valence-corrected chi connectivity index (χ2v) is 4.74. The van der Waals surface area contributed by atoms with Crippen LogP contribution >= 0.6 is 23.2 Å². The van der Waals surface area contributed by atoms with Gasteiger partial charge in [-0.05, 0) is 12.1 Å². The van der Waals surface area contributed by atoms with Crippen LogP contribution in [0.5, 0.6) is 0 Å². The maximum Gasteiger partial charge on any atom is 0.345 e. The molecule has 0 amide bonds. The summed E-state index contributed by atoms with van der Waals surface area (Å²) in [6.45, 7) is -0.102. The van der Waals surface area contributed by atoms with Gasteiger partial charge in [0.15, 0.2) is 0 Å². The van der Waals surface area contributed by atoms with Crippen molar-refractivity contribution < 1.29 is 14.5 Å². The minimum absolute atomic E-state index is 0.0368. The molecule has 0 radical (unpaired) electrons. The zero-order valence-corrected chi connectivity index (χ0v) is 12.0. The average Bonchev–Trinajstić information content (AvgIpc) is 2.45. The van der Waals surface area contributed by atoms with Gasteiger partial charge in [-0.25, -0.2) is 9.78 Å². The molecule has 1 heterocycles. The number of aromatic nitrogens is 1. The Morgan fingerprint density at radius 1 is 1.33 bits per heavy atom. The number of pyridine rings is 1. The number of rotatable bonds is 4. The van der Waals surface area contributed by atoms with E-state index in [1.165, 1.54) is 0 Å². The molecule has 2 rings (SSSR count). The minimum Gasteiger partial charge on any atom is -0.457 e. The molecule has 0 aliphatic rings. The molecule has 8 heteroatoms. The highest BCUT2D eigenvalue weighted by Crippen LogP contribution is 2.22. The van der Waals surface area contributed by atoms with Crippen molar-refractivity contribution >= 4 is 34.9 Å². The highest BCUT2D eigenvalue weighted by molar-refractivity contribution is 6.31. The van der Waals surface area contributed by atoms with E-state index in [1.807, 2.05) is 0 Å². The number of benzene rings is 1. The van der Waals surface area contributed by atoms with Crippen LogP contribution in [0.15, 0.2) is 36.5 Å². The van der Waals surface area contributed by atoms with Crippen molar-refractivity contribution in [1.29, 1.82) is 0 Å². The molecule has 108 valence electrons. The van der Waals surface area contributed by atoms with Gasteiger partial charge in [0.2, 0.25) is 0 Å². The lowest BCUT2D eigenvalue weighted by molar-refractivity contribution is -0.385. The summed E-state index contributed by atoms with van der Waals surface area (Å²) in [5.74, 6) is -0.870. The molecule has 0 fully saturated rings. The van der Waals surface area contributed by atoms with Crippen molar-refractivity contribution in [3.8, 4) is 0 Å². The maximum absolute atomic E-state index is 12.0. The molecule has 6 nitrogen and oxygen atoms in total. The lowest BCUT2D eigenvalue weighted by Crippen LogP contribution is -2.09. The largest absolute Gasteiger partial charge is 0.457 e. The number of hydrogen-bond donors (Lipinski definition) is 0. The summed E-state index contributed by atoms with van der Waals surface area (Å²) in [5, 5.41) is 11.3. The third kappa shape index (κ3) is 3.68. The van der Waals surface area contributed by atoms with E-state index in [4.69, 9.17) is 27.9 Å².